The highest BCUT2D eigenvalue weighted by molar-refractivity contribution is 4.98. The Morgan fingerprint density at radius 3 is 2.80 bits per heavy atom. The van der Waals surface area contributed by atoms with Crippen LogP contribution in [0.3, 0.4) is 0 Å². The second-order valence-corrected chi connectivity index (χ2v) is 4.96. The first-order chi connectivity index (χ1) is 7.29. The lowest BCUT2D eigenvalue weighted by molar-refractivity contribution is 0.152. The summed E-state index contributed by atoms with van der Waals surface area (Å²) >= 11 is 0. The lowest BCUT2D eigenvalue weighted by Crippen LogP contribution is -2.46. The Morgan fingerprint density at radius 1 is 1.40 bits per heavy atom. The molecule has 3 heteroatoms. The molecular weight excluding hydrogens is 186 g/mol. The van der Waals surface area contributed by atoms with Crippen LogP contribution >= 0.6 is 0 Å². The monoisotopic (exact) mass is 207 g/mol. The fourth-order valence-corrected chi connectivity index (χ4v) is 2.33. The van der Waals surface area contributed by atoms with Crippen molar-refractivity contribution in [2.75, 3.05) is 13.1 Å². The van der Waals surface area contributed by atoms with Gasteiger partial charge in [-0.25, -0.2) is 0 Å². The summed E-state index contributed by atoms with van der Waals surface area (Å²) in [7, 11) is 0. The molecule has 0 aromatic heterocycles. The van der Waals surface area contributed by atoms with Crippen molar-refractivity contribution < 1.29 is 0 Å². The number of rotatable bonds is 4. The fraction of sp³-hybridized carbons (Fsp3) is 0.917. The van der Waals surface area contributed by atoms with Crippen LogP contribution in [-0.2, 0) is 0 Å². The molecule has 84 valence electrons. The van der Waals surface area contributed by atoms with Gasteiger partial charge in [0.05, 0.1) is 6.07 Å². The quantitative estimate of drug-likeness (QED) is 0.759. The second kappa shape index (κ2) is 4.96. The Hall–Kier alpha value is -0.590. The highest BCUT2D eigenvalue weighted by Gasteiger charge is 2.27. The first kappa shape index (κ1) is 10.9. The molecule has 0 spiro atoms. The molecule has 1 aliphatic carbocycles. The van der Waals surface area contributed by atoms with Crippen LogP contribution in [0.25, 0.3) is 0 Å². The predicted octanol–water partition coefficient (Wildman–Crippen LogP) is 1.50. The minimum absolute atomic E-state index is 0.0399. The zero-order chi connectivity index (χ0) is 10.7. The van der Waals surface area contributed by atoms with Crippen molar-refractivity contribution in [2.24, 2.45) is 0 Å². The van der Waals surface area contributed by atoms with Crippen molar-refractivity contribution in [1.82, 2.24) is 10.2 Å². The van der Waals surface area contributed by atoms with Crippen molar-refractivity contribution in [3.8, 4) is 6.07 Å². The molecule has 1 N–H and O–H groups in total. The summed E-state index contributed by atoms with van der Waals surface area (Å²) in [5, 5.41) is 12.5. The van der Waals surface area contributed by atoms with E-state index in [9.17, 15) is 0 Å². The van der Waals surface area contributed by atoms with E-state index in [4.69, 9.17) is 5.26 Å². The van der Waals surface area contributed by atoms with Crippen LogP contribution in [0, 0.1) is 11.3 Å². The largest absolute Gasteiger partial charge is 0.298 e. The average Bonchev–Trinajstić information content (AvgIpc) is 3.04. The maximum atomic E-state index is 9.08. The second-order valence-electron chi connectivity index (χ2n) is 4.96. The number of likely N-dealkylation sites (tertiary alicyclic amines) is 1. The molecule has 15 heavy (non-hydrogen) atoms. The van der Waals surface area contributed by atoms with Crippen LogP contribution in [0.2, 0.25) is 0 Å². The standard InChI is InChI=1S/C12H21N3/c1-10-4-2-3-7-15(10)9-12(8-13)14-11-5-6-11/h10-12,14H,2-7,9H2,1H3. The van der Waals surface area contributed by atoms with Crippen LogP contribution in [0.15, 0.2) is 0 Å². The summed E-state index contributed by atoms with van der Waals surface area (Å²) in [5.74, 6) is 0. The van der Waals surface area contributed by atoms with E-state index < -0.39 is 0 Å². The van der Waals surface area contributed by atoms with Crippen LogP contribution in [0.5, 0.6) is 0 Å². The van der Waals surface area contributed by atoms with E-state index in [1.54, 1.807) is 0 Å². The number of nitriles is 1. The molecule has 0 aromatic carbocycles. The van der Waals surface area contributed by atoms with Gasteiger partial charge in [0.25, 0.3) is 0 Å². The topological polar surface area (TPSA) is 39.1 Å². The molecule has 2 unspecified atom stereocenters. The number of piperidine rings is 1. The van der Waals surface area contributed by atoms with E-state index >= 15 is 0 Å². The number of hydrogen-bond acceptors (Lipinski definition) is 3. The zero-order valence-corrected chi connectivity index (χ0v) is 9.58. The summed E-state index contributed by atoms with van der Waals surface area (Å²) < 4.78 is 0. The maximum Gasteiger partial charge on any atom is 0.108 e. The number of hydrogen-bond donors (Lipinski definition) is 1. The summed E-state index contributed by atoms with van der Waals surface area (Å²) in [4.78, 5) is 2.47. The third-order valence-corrected chi connectivity index (χ3v) is 3.53. The van der Waals surface area contributed by atoms with Crippen molar-refractivity contribution in [3.05, 3.63) is 0 Å². The van der Waals surface area contributed by atoms with Crippen molar-refractivity contribution in [3.63, 3.8) is 0 Å². The van der Waals surface area contributed by atoms with E-state index in [1.807, 2.05) is 0 Å². The summed E-state index contributed by atoms with van der Waals surface area (Å²) in [6.07, 6.45) is 6.46. The fourth-order valence-electron chi connectivity index (χ4n) is 2.33. The van der Waals surface area contributed by atoms with E-state index in [0.717, 1.165) is 6.54 Å². The highest BCUT2D eigenvalue weighted by Crippen LogP contribution is 2.21. The Kier molecular flexibility index (Phi) is 3.61. The third kappa shape index (κ3) is 3.19. The Labute approximate surface area is 92.4 Å². The van der Waals surface area contributed by atoms with Gasteiger partial charge in [0.1, 0.15) is 6.04 Å². The first-order valence-corrected chi connectivity index (χ1v) is 6.19. The molecule has 0 amide bonds. The van der Waals surface area contributed by atoms with Crippen molar-refractivity contribution >= 4 is 0 Å². The molecule has 3 nitrogen and oxygen atoms in total. The lowest BCUT2D eigenvalue weighted by Gasteiger charge is -2.34. The molecule has 0 aromatic rings. The summed E-state index contributed by atoms with van der Waals surface area (Å²) in [6.45, 7) is 4.37. The SMILES string of the molecule is CC1CCCCN1CC(C#N)NC1CC1. The smallest absolute Gasteiger partial charge is 0.108 e. The molecule has 2 fully saturated rings. The molecule has 0 bridgehead atoms. The van der Waals surface area contributed by atoms with Gasteiger partial charge in [-0.2, -0.15) is 5.26 Å². The van der Waals surface area contributed by atoms with E-state index in [1.165, 1.54) is 38.6 Å². The molecule has 2 atom stereocenters. The molecule has 2 aliphatic rings. The lowest BCUT2D eigenvalue weighted by atomic mass is 10.0. The molecular formula is C12H21N3. The normalized spacial score (nSPS) is 29.7. The molecule has 1 heterocycles. The maximum absolute atomic E-state index is 9.08. The van der Waals surface area contributed by atoms with E-state index in [-0.39, 0.29) is 6.04 Å². The van der Waals surface area contributed by atoms with E-state index in [0.29, 0.717) is 12.1 Å². The summed E-state index contributed by atoms with van der Waals surface area (Å²) in [5.41, 5.74) is 0. The predicted molar refractivity (Wildman–Crippen MR) is 60.4 cm³/mol. The van der Waals surface area contributed by atoms with Gasteiger partial charge in [-0.15, -0.1) is 0 Å². The van der Waals surface area contributed by atoms with Gasteiger partial charge < -0.3 is 0 Å². The zero-order valence-electron chi connectivity index (χ0n) is 9.58. The average molecular weight is 207 g/mol. The van der Waals surface area contributed by atoms with E-state index in [2.05, 4.69) is 23.2 Å². The van der Waals surface area contributed by atoms with Gasteiger partial charge in [0, 0.05) is 18.6 Å². The number of nitrogens with zero attached hydrogens (tertiary/aromatic N) is 2. The molecule has 1 saturated heterocycles. The van der Waals surface area contributed by atoms with Gasteiger partial charge in [-0.3, -0.25) is 10.2 Å². The minimum atomic E-state index is 0.0399. The molecule has 2 rings (SSSR count). The molecule has 0 radical (unpaired) electrons. The first-order valence-electron chi connectivity index (χ1n) is 6.19. The Bertz CT molecular complexity index is 242. The minimum Gasteiger partial charge on any atom is -0.298 e. The number of nitrogens with one attached hydrogen (secondary N) is 1. The summed E-state index contributed by atoms with van der Waals surface area (Å²) in [6, 6.07) is 3.72. The van der Waals surface area contributed by atoms with Crippen LogP contribution in [-0.4, -0.2) is 36.1 Å². The van der Waals surface area contributed by atoms with Crippen LogP contribution in [0.4, 0.5) is 0 Å². The highest BCUT2D eigenvalue weighted by atomic mass is 15.2. The molecule has 1 saturated carbocycles. The Morgan fingerprint density at radius 2 is 2.20 bits per heavy atom. The molecule has 1 aliphatic heterocycles. The van der Waals surface area contributed by atoms with Gasteiger partial charge in [0.2, 0.25) is 0 Å². The van der Waals surface area contributed by atoms with Gasteiger partial charge in [-0.1, -0.05) is 6.42 Å². The van der Waals surface area contributed by atoms with Crippen LogP contribution < -0.4 is 5.32 Å². The van der Waals surface area contributed by atoms with Gasteiger partial charge >= 0.3 is 0 Å². The van der Waals surface area contributed by atoms with Gasteiger partial charge in [0.15, 0.2) is 0 Å². The Balaban J connectivity index is 1.79. The van der Waals surface area contributed by atoms with Gasteiger partial charge in [-0.05, 0) is 39.2 Å². The van der Waals surface area contributed by atoms with Crippen molar-refractivity contribution in [1.29, 1.82) is 5.26 Å². The van der Waals surface area contributed by atoms with Crippen LogP contribution in [0.1, 0.15) is 39.0 Å². The third-order valence-electron chi connectivity index (χ3n) is 3.53. The van der Waals surface area contributed by atoms with Crippen molar-refractivity contribution in [2.45, 2.75) is 57.2 Å².